The second kappa shape index (κ2) is 5.28. The molecular weight excluding hydrogens is 293 g/mol. The van der Waals surface area contributed by atoms with Crippen molar-refractivity contribution in [3.05, 3.63) is 11.7 Å². The van der Waals surface area contributed by atoms with Gasteiger partial charge in [0.05, 0.1) is 18.4 Å². The van der Waals surface area contributed by atoms with Crippen molar-refractivity contribution < 1.29 is 32.3 Å². The number of halogens is 3. The Morgan fingerprint density at radius 1 is 1.48 bits per heavy atom. The fraction of sp³-hybridized carbons (Fsp3) is 0.750. The van der Waals surface area contributed by atoms with Crippen molar-refractivity contribution in [3.8, 4) is 0 Å². The van der Waals surface area contributed by atoms with Gasteiger partial charge in [0, 0.05) is 6.42 Å². The van der Waals surface area contributed by atoms with E-state index in [1.165, 1.54) is 0 Å². The summed E-state index contributed by atoms with van der Waals surface area (Å²) in [6.07, 6.45) is -4.29. The van der Waals surface area contributed by atoms with Gasteiger partial charge in [0.25, 0.3) is 0 Å². The lowest BCUT2D eigenvalue weighted by molar-refractivity contribution is -0.173. The van der Waals surface area contributed by atoms with E-state index in [1.54, 1.807) is 13.8 Å². The van der Waals surface area contributed by atoms with Crippen molar-refractivity contribution in [1.82, 2.24) is 10.1 Å². The molecule has 1 aliphatic carbocycles. The van der Waals surface area contributed by atoms with Crippen LogP contribution in [0.5, 0.6) is 0 Å². The van der Waals surface area contributed by atoms with Crippen LogP contribution < -0.4 is 0 Å². The van der Waals surface area contributed by atoms with Gasteiger partial charge in [-0.2, -0.15) is 18.2 Å². The van der Waals surface area contributed by atoms with E-state index in [2.05, 4.69) is 14.9 Å². The first-order valence-corrected chi connectivity index (χ1v) is 6.32. The third kappa shape index (κ3) is 3.52. The largest absolute Gasteiger partial charge is 0.481 e. The summed E-state index contributed by atoms with van der Waals surface area (Å²) in [7, 11) is 0. The number of nitrogens with zero attached hydrogens (tertiary/aromatic N) is 2. The van der Waals surface area contributed by atoms with Gasteiger partial charge < -0.3 is 14.4 Å². The number of aromatic nitrogens is 2. The molecule has 0 spiro atoms. The maximum absolute atomic E-state index is 11.9. The Balaban J connectivity index is 1.87. The van der Waals surface area contributed by atoms with Crippen LogP contribution in [0.2, 0.25) is 0 Å². The normalized spacial score (nSPS) is 24.0. The molecule has 1 aliphatic rings. The van der Waals surface area contributed by atoms with Crippen LogP contribution in [-0.4, -0.2) is 40.6 Å². The standard InChI is InChI=1S/C12H15F3N2O4/c1-11(2)7(8(11)10(18)19)9-16-6(17-21-9)3-4-20-5-12(13,14)15/h7-8H,3-5H2,1-2H3,(H,18,19). The Labute approximate surface area is 118 Å². The first-order valence-electron chi connectivity index (χ1n) is 6.32. The highest BCUT2D eigenvalue weighted by molar-refractivity contribution is 5.77. The van der Waals surface area contributed by atoms with E-state index in [-0.39, 0.29) is 30.7 Å². The van der Waals surface area contributed by atoms with Crippen LogP contribution in [-0.2, 0) is 16.0 Å². The molecular formula is C12H15F3N2O4. The molecule has 0 bridgehead atoms. The first-order chi connectivity index (χ1) is 9.63. The van der Waals surface area contributed by atoms with E-state index in [0.717, 1.165) is 0 Å². The highest BCUT2D eigenvalue weighted by atomic mass is 19.4. The molecule has 1 N–H and O–H groups in total. The molecule has 1 fully saturated rings. The number of alkyl halides is 3. The summed E-state index contributed by atoms with van der Waals surface area (Å²) in [5, 5.41) is 12.7. The molecule has 1 aromatic heterocycles. The van der Waals surface area contributed by atoms with Gasteiger partial charge >= 0.3 is 12.1 Å². The highest BCUT2D eigenvalue weighted by Gasteiger charge is 2.65. The molecule has 6 nitrogen and oxygen atoms in total. The number of hydrogen-bond donors (Lipinski definition) is 1. The van der Waals surface area contributed by atoms with E-state index in [4.69, 9.17) is 9.63 Å². The number of carboxylic acids is 1. The van der Waals surface area contributed by atoms with Gasteiger partial charge in [-0.05, 0) is 5.41 Å². The van der Waals surface area contributed by atoms with E-state index in [1.807, 2.05) is 0 Å². The molecule has 0 saturated heterocycles. The Kier molecular flexibility index (Phi) is 3.96. The summed E-state index contributed by atoms with van der Waals surface area (Å²) in [5.74, 6) is -1.48. The monoisotopic (exact) mass is 308 g/mol. The molecule has 0 amide bonds. The van der Waals surface area contributed by atoms with Crippen molar-refractivity contribution >= 4 is 5.97 Å². The molecule has 1 saturated carbocycles. The SMILES string of the molecule is CC1(C)C(C(=O)O)C1c1nc(CCOCC(F)(F)F)no1. The van der Waals surface area contributed by atoms with Crippen molar-refractivity contribution in [3.63, 3.8) is 0 Å². The van der Waals surface area contributed by atoms with Gasteiger partial charge in [0.1, 0.15) is 6.61 Å². The Morgan fingerprint density at radius 2 is 2.14 bits per heavy atom. The lowest BCUT2D eigenvalue weighted by Crippen LogP contribution is -2.18. The zero-order valence-electron chi connectivity index (χ0n) is 11.5. The maximum Gasteiger partial charge on any atom is 0.411 e. The van der Waals surface area contributed by atoms with E-state index < -0.39 is 30.1 Å². The summed E-state index contributed by atoms with van der Waals surface area (Å²) in [5.41, 5.74) is -0.470. The quantitative estimate of drug-likeness (QED) is 0.809. The van der Waals surface area contributed by atoms with Crippen LogP contribution in [0, 0.1) is 11.3 Å². The second-order valence-electron chi connectivity index (χ2n) is 5.58. The molecule has 1 aromatic rings. The lowest BCUT2D eigenvalue weighted by atomic mass is 10.1. The van der Waals surface area contributed by atoms with Gasteiger partial charge in [-0.25, -0.2) is 0 Å². The third-order valence-corrected chi connectivity index (χ3v) is 3.58. The van der Waals surface area contributed by atoms with E-state index in [9.17, 15) is 18.0 Å². The molecule has 2 atom stereocenters. The Hall–Kier alpha value is -1.64. The Morgan fingerprint density at radius 3 is 2.67 bits per heavy atom. The first kappa shape index (κ1) is 15.7. The summed E-state index contributed by atoms with van der Waals surface area (Å²) < 4.78 is 45.1. The average molecular weight is 308 g/mol. The average Bonchev–Trinajstić information content (AvgIpc) is 2.69. The van der Waals surface area contributed by atoms with Crippen molar-refractivity contribution in [2.24, 2.45) is 11.3 Å². The fourth-order valence-corrected chi connectivity index (χ4v) is 2.41. The summed E-state index contributed by atoms with van der Waals surface area (Å²) in [4.78, 5) is 15.1. The molecule has 0 aromatic carbocycles. The van der Waals surface area contributed by atoms with Gasteiger partial charge in [-0.3, -0.25) is 4.79 Å². The van der Waals surface area contributed by atoms with E-state index >= 15 is 0 Å². The van der Waals surface area contributed by atoms with Gasteiger partial charge in [-0.15, -0.1) is 0 Å². The zero-order chi connectivity index (χ0) is 15.8. The van der Waals surface area contributed by atoms with Crippen molar-refractivity contribution in [2.75, 3.05) is 13.2 Å². The van der Waals surface area contributed by atoms with E-state index in [0.29, 0.717) is 0 Å². The van der Waals surface area contributed by atoms with Gasteiger partial charge in [0.15, 0.2) is 5.82 Å². The Bertz CT molecular complexity index is 527. The molecule has 118 valence electrons. The number of carboxylic acid groups (broad SMARTS) is 1. The summed E-state index contributed by atoms with van der Waals surface area (Å²) in [6, 6.07) is 0. The number of rotatable bonds is 6. The molecule has 0 aliphatic heterocycles. The molecule has 2 rings (SSSR count). The minimum absolute atomic E-state index is 0.0739. The predicted molar refractivity (Wildman–Crippen MR) is 62.5 cm³/mol. The topological polar surface area (TPSA) is 85.5 Å². The summed E-state index contributed by atoms with van der Waals surface area (Å²) in [6.45, 7) is 2.06. The molecule has 21 heavy (non-hydrogen) atoms. The summed E-state index contributed by atoms with van der Waals surface area (Å²) >= 11 is 0. The lowest BCUT2D eigenvalue weighted by Gasteiger charge is -2.05. The number of aliphatic carboxylic acids is 1. The molecule has 9 heteroatoms. The number of hydrogen-bond acceptors (Lipinski definition) is 5. The molecule has 0 radical (unpaired) electrons. The van der Waals surface area contributed by atoms with Crippen molar-refractivity contribution in [1.29, 1.82) is 0 Å². The van der Waals surface area contributed by atoms with Crippen LogP contribution in [0.4, 0.5) is 13.2 Å². The van der Waals surface area contributed by atoms with Gasteiger partial charge in [-0.1, -0.05) is 19.0 Å². The van der Waals surface area contributed by atoms with Crippen LogP contribution in [0.3, 0.4) is 0 Å². The molecule has 2 unspecified atom stereocenters. The highest BCUT2D eigenvalue weighted by Crippen LogP contribution is 2.63. The number of ether oxygens (including phenoxy) is 1. The maximum atomic E-state index is 11.9. The van der Waals surface area contributed by atoms with Crippen LogP contribution >= 0.6 is 0 Å². The van der Waals surface area contributed by atoms with Gasteiger partial charge in [0.2, 0.25) is 5.89 Å². The van der Waals surface area contributed by atoms with Crippen LogP contribution in [0.1, 0.15) is 31.5 Å². The minimum Gasteiger partial charge on any atom is -0.481 e. The van der Waals surface area contributed by atoms with Crippen LogP contribution in [0.15, 0.2) is 4.52 Å². The molecule has 1 heterocycles. The fourth-order valence-electron chi connectivity index (χ4n) is 2.41. The van der Waals surface area contributed by atoms with Crippen molar-refractivity contribution in [2.45, 2.75) is 32.4 Å². The minimum atomic E-state index is -4.37. The smallest absolute Gasteiger partial charge is 0.411 e. The second-order valence-corrected chi connectivity index (χ2v) is 5.58. The zero-order valence-corrected chi connectivity index (χ0v) is 11.5. The van der Waals surface area contributed by atoms with Crippen LogP contribution in [0.25, 0.3) is 0 Å². The number of carbonyl (C=O) groups is 1. The predicted octanol–water partition coefficient (Wildman–Crippen LogP) is 2.02. The third-order valence-electron chi connectivity index (χ3n) is 3.58.